The van der Waals surface area contributed by atoms with E-state index in [1.165, 1.54) is 42.5 Å². The number of benzene rings is 4. The van der Waals surface area contributed by atoms with E-state index in [4.69, 9.17) is 9.84 Å². The topological polar surface area (TPSA) is 59.5 Å². The number of aliphatic hydroxyl groups excluding tert-OH is 1. The smallest absolute Gasteiger partial charge is 0.337 e. The number of carbonyl (C=O) groups is 1. The summed E-state index contributed by atoms with van der Waals surface area (Å²) < 4.78 is 30.8. The first-order valence-electron chi connectivity index (χ1n) is 16.6. The Hall–Kier alpha value is -4.31. The summed E-state index contributed by atoms with van der Waals surface area (Å²) in [5.41, 5.74) is 6.13. The zero-order valence-corrected chi connectivity index (χ0v) is 28.1. The fourth-order valence-electron chi connectivity index (χ4n) is 6.38. The number of piperazine rings is 2. The molecule has 0 amide bonds. The van der Waals surface area contributed by atoms with E-state index in [1.54, 1.807) is 0 Å². The van der Waals surface area contributed by atoms with Gasteiger partial charge < -0.3 is 19.6 Å². The zero-order chi connectivity index (χ0) is 34.0. The minimum absolute atomic E-state index is 0.0883. The summed E-state index contributed by atoms with van der Waals surface area (Å²) in [7, 11) is 1.39. The lowest BCUT2D eigenvalue weighted by molar-refractivity contribution is 0.0600. The molecular formula is C39H46F2N4O3. The second-order valence-electron chi connectivity index (χ2n) is 12.4. The minimum Gasteiger partial charge on any atom is -0.465 e. The van der Waals surface area contributed by atoms with Crippen molar-refractivity contribution in [3.63, 3.8) is 0 Å². The lowest BCUT2D eigenvalue weighted by atomic mass is 10.0. The molecule has 2 aliphatic rings. The van der Waals surface area contributed by atoms with E-state index in [9.17, 15) is 13.6 Å². The van der Waals surface area contributed by atoms with E-state index < -0.39 is 0 Å². The molecule has 254 valence electrons. The van der Waals surface area contributed by atoms with Gasteiger partial charge in [0, 0.05) is 75.8 Å². The van der Waals surface area contributed by atoms with E-state index >= 15 is 0 Å². The molecule has 0 saturated carbocycles. The van der Waals surface area contributed by atoms with Gasteiger partial charge in [-0.05, 0) is 91.2 Å². The van der Waals surface area contributed by atoms with Gasteiger partial charge in [-0.2, -0.15) is 0 Å². The molecule has 4 aromatic carbocycles. The number of methoxy groups -OCH3 is 1. The predicted molar refractivity (Wildman–Crippen MR) is 187 cm³/mol. The number of anilines is 2. The maximum absolute atomic E-state index is 13.1. The van der Waals surface area contributed by atoms with Crippen LogP contribution in [0.5, 0.6) is 0 Å². The lowest BCUT2D eigenvalue weighted by Gasteiger charge is -2.39. The Bertz CT molecular complexity index is 1570. The van der Waals surface area contributed by atoms with E-state index in [0.29, 0.717) is 11.6 Å². The summed E-state index contributed by atoms with van der Waals surface area (Å²) in [6, 6.07) is 29.8. The van der Waals surface area contributed by atoms with Gasteiger partial charge >= 0.3 is 5.97 Å². The Balaban J connectivity index is 0.000000188. The van der Waals surface area contributed by atoms with Crippen LogP contribution in [0.1, 0.15) is 53.0 Å². The van der Waals surface area contributed by atoms with Crippen LogP contribution < -0.4 is 9.80 Å². The first kappa shape index (κ1) is 35.0. The number of carbonyl (C=O) groups excluding carboxylic acids is 1. The molecule has 2 fully saturated rings. The molecular weight excluding hydrogens is 610 g/mol. The average molecular weight is 657 g/mol. The van der Waals surface area contributed by atoms with Gasteiger partial charge in [0.05, 0.1) is 19.3 Å². The first-order chi connectivity index (χ1) is 23.2. The lowest BCUT2D eigenvalue weighted by Crippen LogP contribution is -2.47. The van der Waals surface area contributed by atoms with E-state index in [2.05, 4.69) is 45.6 Å². The van der Waals surface area contributed by atoms with Gasteiger partial charge in [-0.1, -0.05) is 36.4 Å². The molecule has 6 rings (SSSR count). The molecule has 0 spiro atoms. The number of ether oxygens (including phenoxy) is 1. The van der Waals surface area contributed by atoms with E-state index in [-0.39, 0.29) is 30.3 Å². The quantitative estimate of drug-likeness (QED) is 0.212. The van der Waals surface area contributed by atoms with Gasteiger partial charge in [-0.15, -0.1) is 0 Å². The Morgan fingerprint density at radius 3 is 1.35 bits per heavy atom. The van der Waals surface area contributed by atoms with E-state index in [1.807, 2.05) is 60.7 Å². The normalized spacial score (nSPS) is 16.9. The number of esters is 1. The molecule has 0 bridgehead atoms. The number of rotatable bonds is 8. The van der Waals surface area contributed by atoms with Gasteiger partial charge in [0.25, 0.3) is 0 Å². The van der Waals surface area contributed by atoms with Gasteiger partial charge in [-0.25, -0.2) is 13.6 Å². The van der Waals surface area contributed by atoms with Gasteiger partial charge in [0.1, 0.15) is 11.6 Å². The van der Waals surface area contributed by atoms with Crippen LogP contribution in [0, 0.1) is 11.6 Å². The monoisotopic (exact) mass is 656 g/mol. The van der Waals surface area contributed by atoms with Crippen molar-refractivity contribution in [2.75, 3.05) is 69.3 Å². The van der Waals surface area contributed by atoms with Crippen LogP contribution in [0.3, 0.4) is 0 Å². The highest BCUT2D eigenvalue weighted by molar-refractivity contribution is 5.89. The molecule has 9 heteroatoms. The Morgan fingerprint density at radius 2 is 1.00 bits per heavy atom. The molecule has 7 nitrogen and oxygen atoms in total. The molecule has 2 aliphatic heterocycles. The predicted octanol–water partition coefficient (Wildman–Crippen LogP) is 6.70. The fraction of sp³-hybridized carbons (Fsp3) is 0.359. The summed E-state index contributed by atoms with van der Waals surface area (Å²) in [6.07, 6.45) is 0. The van der Waals surface area contributed by atoms with Crippen molar-refractivity contribution in [2.45, 2.75) is 32.5 Å². The average Bonchev–Trinajstić information content (AvgIpc) is 3.15. The van der Waals surface area contributed by atoms with Gasteiger partial charge in [-0.3, -0.25) is 9.80 Å². The van der Waals surface area contributed by atoms with E-state index in [0.717, 1.165) is 69.3 Å². The van der Waals surface area contributed by atoms with Crippen LogP contribution in [0.4, 0.5) is 20.2 Å². The number of hydrogen-bond acceptors (Lipinski definition) is 7. The number of nitrogens with zero attached hydrogens (tertiary/aromatic N) is 4. The minimum atomic E-state index is -0.313. The first-order valence-corrected chi connectivity index (χ1v) is 16.6. The maximum atomic E-state index is 13.1. The summed E-state index contributed by atoms with van der Waals surface area (Å²) in [5.74, 6) is -0.703. The highest BCUT2D eigenvalue weighted by atomic mass is 19.1. The van der Waals surface area contributed by atoms with Crippen LogP contribution in [-0.2, 0) is 11.3 Å². The van der Waals surface area contributed by atoms with Crippen molar-refractivity contribution < 1.29 is 23.4 Å². The van der Waals surface area contributed by atoms with Crippen LogP contribution in [0.2, 0.25) is 0 Å². The third kappa shape index (κ3) is 8.98. The Kier molecular flexibility index (Phi) is 12.2. The van der Waals surface area contributed by atoms with Gasteiger partial charge in [0.15, 0.2) is 0 Å². The van der Waals surface area contributed by atoms with Gasteiger partial charge in [0.2, 0.25) is 0 Å². The van der Waals surface area contributed by atoms with Crippen molar-refractivity contribution in [3.05, 3.63) is 131 Å². The molecule has 2 saturated heterocycles. The third-order valence-corrected chi connectivity index (χ3v) is 9.57. The molecule has 0 radical (unpaired) electrons. The number of aliphatic hydroxyl groups is 1. The Labute approximate surface area is 283 Å². The van der Waals surface area contributed by atoms with Crippen LogP contribution in [0.25, 0.3) is 0 Å². The summed E-state index contributed by atoms with van der Waals surface area (Å²) in [5, 5.41) is 9.13. The summed E-state index contributed by atoms with van der Waals surface area (Å²) in [4.78, 5) is 21.0. The maximum Gasteiger partial charge on any atom is 0.337 e. The number of hydrogen-bond donors (Lipinski definition) is 1. The van der Waals surface area contributed by atoms with Crippen molar-refractivity contribution in [3.8, 4) is 0 Å². The second kappa shape index (κ2) is 16.7. The summed E-state index contributed by atoms with van der Waals surface area (Å²) in [6.45, 7) is 12.1. The fourth-order valence-corrected chi connectivity index (χ4v) is 6.38. The standard InChI is InChI=1S/C20H23FN2O2.C19H23FN2O/c1-15(16-3-5-17(6-4-16)20(24)25-2)22-11-13-23(14-12-22)19-9-7-18(21)8-10-19;1-15(17-4-2-16(14-23)3-5-17)21-10-12-22(13-11-21)19-8-6-18(20)7-9-19/h3-10,15H,11-14H2,1-2H3;2-9,15,23H,10-14H2,1H3/t2*15-/m11/s1. The summed E-state index contributed by atoms with van der Waals surface area (Å²) >= 11 is 0. The molecule has 0 unspecified atom stereocenters. The SMILES string of the molecule is COC(=O)c1ccc([C@@H](C)N2CCN(c3ccc(F)cc3)CC2)cc1.C[C@H](c1ccc(CO)cc1)N1CCN(c2ccc(F)cc2)CC1. The van der Waals surface area contributed by atoms with Crippen LogP contribution in [-0.4, -0.2) is 80.3 Å². The molecule has 0 aliphatic carbocycles. The molecule has 0 aromatic heterocycles. The second-order valence-corrected chi connectivity index (χ2v) is 12.4. The Morgan fingerprint density at radius 1 is 0.625 bits per heavy atom. The van der Waals surface area contributed by atoms with Crippen LogP contribution >= 0.6 is 0 Å². The van der Waals surface area contributed by atoms with Crippen molar-refractivity contribution in [1.29, 1.82) is 0 Å². The molecule has 48 heavy (non-hydrogen) atoms. The highest BCUT2D eigenvalue weighted by Gasteiger charge is 2.24. The van der Waals surface area contributed by atoms with Crippen molar-refractivity contribution in [2.24, 2.45) is 0 Å². The number of halogens is 2. The molecule has 2 heterocycles. The molecule has 1 N–H and O–H groups in total. The highest BCUT2D eigenvalue weighted by Crippen LogP contribution is 2.26. The largest absolute Gasteiger partial charge is 0.465 e. The zero-order valence-electron chi connectivity index (χ0n) is 28.1. The van der Waals surface area contributed by atoms with Crippen molar-refractivity contribution >= 4 is 17.3 Å². The molecule has 4 aromatic rings. The van der Waals surface area contributed by atoms with Crippen molar-refractivity contribution in [1.82, 2.24) is 9.80 Å². The van der Waals surface area contributed by atoms with Crippen LogP contribution in [0.15, 0.2) is 97.1 Å². The third-order valence-electron chi connectivity index (χ3n) is 9.57. The molecule has 2 atom stereocenters.